The van der Waals surface area contributed by atoms with E-state index >= 15 is 0 Å². The predicted molar refractivity (Wildman–Crippen MR) is 50.7 cm³/mol. The highest BCUT2D eigenvalue weighted by molar-refractivity contribution is 5.02. The molecule has 0 aliphatic carbocycles. The Labute approximate surface area is 82.5 Å². The van der Waals surface area contributed by atoms with Crippen LogP contribution in [0.15, 0.2) is 6.33 Å². The molecule has 2 heterocycles. The van der Waals surface area contributed by atoms with Gasteiger partial charge >= 0.3 is 0 Å². The molecular formula is C9H15FN4. The van der Waals surface area contributed by atoms with Crippen LogP contribution < -0.4 is 5.32 Å². The van der Waals surface area contributed by atoms with Gasteiger partial charge in [0.1, 0.15) is 17.8 Å². The molecule has 0 bridgehead atoms. The first-order valence-electron chi connectivity index (χ1n) is 5.00. The number of hydrogen-bond donors (Lipinski definition) is 1. The van der Waals surface area contributed by atoms with Gasteiger partial charge in [0.15, 0.2) is 0 Å². The third kappa shape index (κ3) is 1.77. The highest BCUT2D eigenvalue weighted by atomic mass is 19.1. The Morgan fingerprint density at radius 3 is 3.00 bits per heavy atom. The van der Waals surface area contributed by atoms with Gasteiger partial charge in [0.2, 0.25) is 0 Å². The van der Waals surface area contributed by atoms with E-state index in [0.717, 1.165) is 18.8 Å². The third-order valence-electron chi connectivity index (χ3n) is 2.49. The maximum atomic E-state index is 13.7. The van der Waals surface area contributed by atoms with Gasteiger partial charge in [-0.25, -0.2) is 14.1 Å². The summed E-state index contributed by atoms with van der Waals surface area (Å²) in [6.07, 6.45) is 2.87. The normalized spacial score (nSPS) is 19.3. The second-order valence-corrected chi connectivity index (χ2v) is 3.83. The van der Waals surface area contributed by atoms with E-state index < -0.39 is 5.67 Å². The van der Waals surface area contributed by atoms with Crippen molar-refractivity contribution in [2.75, 3.05) is 13.1 Å². The summed E-state index contributed by atoms with van der Waals surface area (Å²) in [5.74, 6) is 0.760. The fourth-order valence-corrected chi connectivity index (χ4v) is 1.63. The molecule has 1 aromatic rings. The minimum atomic E-state index is -1.10. The fourth-order valence-electron chi connectivity index (χ4n) is 1.63. The van der Waals surface area contributed by atoms with Crippen LogP contribution in [-0.2, 0) is 13.0 Å². The van der Waals surface area contributed by atoms with Crippen LogP contribution in [0.4, 0.5) is 4.39 Å². The molecule has 5 heteroatoms. The summed E-state index contributed by atoms with van der Waals surface area (Å²) >= 11 is 0. The molecule has 14 heavy (non-hydrogen) atoms. The maximum Gasteiger partial charge on any atom is 0.142 e. The number of aryl methyl sites for hydroxylation is 1. The van der Waals surface area contributed by atoms with Crippen LogP contribution in [-0.4, -0.2) is 33.5 Å². The van der Waals surface area contributed by atoms with Crippen LogP contribution in [0.5, 0.6) is 0 Å². The van der Waals surface area contributed by atoms with E-state index in [-0.39, 0.29) is 0 Å². The number of nitrogens with zero attached hydrogens (tertiary/aromatic N) is 3. The molecule has 0 aromatic carbocycles. The molecule has 0 saturated carbocycles. The van der Waals surface area contributed by atoms with Crippen LogP contribution in [0.3, 0.4) is 0 Å². The van der Waals surface area contributed by atoms with Gasteiger partial charge in [-0.05, 0) is 6.42 Å². The van der Waals surface area contributed by atoms with Gasteiger partial charge in [-0.1, -0.05) is 6.92 Å². The zero-order valence-electron chi connectivity index (χ0n) is 8.33. The first-order valence-corrected chi connectivity index (χ1v) is 5.00. The Morgan fingerprint density at radius 1 is 1.64 bits per heavy atom. The summed E-state index contributed by atoms with van der Waals surface area (Å²) in [7, 11) is 0. The lowest BCUT2D eigenvalue weighted by Gasteiger charge is -2.34. The highest BCUT2D eigenvalue weighted by Gasteiger charge is 2.38. The van der Waals surface area contributed by atoms with Crippen molar-refractivity contribution in [1.29, 1.82) is 0 Å². The molecule has 0 spiro atoms. The van der Waals surface area contributed by atoms with Crippen LogP contribution >= 0.6 is 0 Å². The molecule has 0 amide bonds. The summed E-state index contributed by atoms with van der Waals surface area (Å²) in [6, 6.07) is 0. The van der Waals surface area contributed by atoms with Crippen molar-refractivity contribution in [2.45, 2.75) is 32.0 Å². The standard InChI is InChI=1S/C9H15FN4/c1-2-3-14-8(12-7-13-14)4-9(10)5-11-6-9/h7,11H,2-6H2,1H3. The number of aromatic nitrogens is 3. The average Bonchev–Trinajstić information content (AvgIpc) is 2.51. The van der Waals surface area contributed by atoms with E-state index in [1.54, 1.807) is 4.68 Å². The Balaban J connectivity index is 2.04. The molecule has 4 nitrogen and oxygen atoms in total. The SMILES string of the molecule is CCCn1ncnc1CC1(F)CNC1. The third-order valence-corrected chi connectivity index (χ3v) is 2.49. The summed E-state index contributed by atoms with van der Waals surface area (Å²) in [5.41, 5.74) is -1.10. The van der Waals surface area contributed by atoms with Gasteiger partial charge in [-0.3, -0.25) is 0 Å². The van der Waals surface area contributed by atoms with Crippen molar-refractivity contribution < 1.29 is 4.39 Å². The summed E-state index contributed by atoms with van der Waals surface area (Å²) in [5, 5.41) is 7.00. The van der Waals surface area contributed by atoms with Crippen molar-refractivity contribution in [3.8, 4) is 0 Å². The molecular weight excluding hydrogens is 183 g/mol. The highest BCUT2D eigenvalue weighted by Crippen LogP contribution is 2.21. The lowest BCUT2D eigenvalue weighted by Crippen LogP contribution is -2.57. The first-order chi connectivity index (χ1) is 6.73. The van der Waals surface area contributed by atoms with Crippen LogP contribution in [0, 0.1) is 0 Å². The molecule has 1 fully saturated rings. The zero-order chi connectivity index (χ0) is 10.0. The smallest absolute Gasteiger partial charge is 0.142 e. The Morgan fingerprint density at radius 2 is 2.43 bits per heavy atom. The van der Waals surface area contributed by atoms with E-state index in [0.29, 0.717) is 19.5 Å². The first kappa shape index (κ1) is 9.58. The van der Waals surface area contributed by atoms with Crippen LogP contribution in [0.1, 0.15) is 19.2 Å². The molecule has 1 aliphatic heterocycles. The van der Waals surface area contributed by atoms with Gasteiger partial charge in [-0.15, -0.1) is 0 Å². The van der Waals surface area contributed by atoms with Gasteiger partial charge < -0.3 is 5.32 Å². The largest absolute Gasteiger partial charge is 0.310 e. The molecule has 1 aromatic heterocycles. The van der Waals surface area contributed by atoms with Crippen molar-refractivity contribution >= 4 is 0 Å². The molecule has 0 radical (unpaired) electrons. The minimum absolute atomic E-state index is 0.375. The van der Waals surface area contributed by atoms with Crippen molar-refractivity contribution in [3.05, 3.63) is 12.2 Å². The van der Waals surface area contributed by atoms with E-state index in [1.165, 1.54) is 6.33 Å². The topological polar surface area (TPSA) is 42.7 Å². The fraction of sp³-hybridized carbons (Fsp3) is 0.778. The molecule has 78 valence electrons. The van der Waals surface area contributed by atoms with E-state index in [2.05, 4.69) is 22.3 Å². The molecule has 1 N–H and O–H groups in total. The minimum Gasteiger partial charge on any atom is -0.310 e. The number of alkyl halides is 1. The Kier molecular flexibility index (Phi) is 2.50. The molecule has 0 unspecified atom stereocenters. The molecule has 1 saturated heterocycles. The van der Waals surface area contributed by atoms with Crippen molar-refractivity contribution in [3.63, 3.8) is 0 Å². The Bertz CT molecular complexity index is 306. The molecule has 1 aliphatic rings. The van der Waals surface area contributed by atoms with Gasteiger partial charge in [0.05, 0.1) is 0 Å². The predicted octanol–water partition coefficient (Wildman–Crippen LogP) is 0.542. The van der Waals surface area contributed by atoms with Gasteiger partial charge in [0.25, 0.3) is 0 Å². The maximum absolute atomic E-state index is 13.7. The van der Waals surface area contributed by atoms with E-state index in [1.807, 2.05) is 0 Å². The number of nitrogens with one attached hydrogen (secondary N) is 1. The number of halogens is 1. The monoisotopic (exact) mass is 198 g/mol. The van der Waals surface area contributed by atoms with Crippen molar-refractivity contribution in [1.82, 2.24) is 20.1 Å². The summed E-state index contributed by atoms with van der Waals surface area (Å²) in [6.45, 7) is 3.76. The number of hydrogen-bond acceptors (Lipinski definition) is 3. The zero-order valence-corrected chi connectivity index (χ0v) is 8.33. The summed E-state index contributed by atoms with van der Waals surface area (Å²) in [4.78, 5) is 4.09. The second-order valence-electron chi connectivity index (χ2n) is 3.83. The lowest BCUT2D eigenvalue weighted by molar-refractivity contribution is 0.0873. The summed E-state index contributed by atoms with van der Waals surface area (Å²) < 4.78 is 15.5. The number of rotatable bonds is 4. The van der Waals surface area contributed by atoms with Crippen molar-refractivity contribution in [2.24, 2.45) is 0 Å². The van der Waals surface area contributed by atoms with E-state index in [9.17, 15) is 4.39 Å². The van der Waals surface area contributed by atoms with Gasteiger partial charge in [0, 0.05) is 26.1 Å². The van der Waals surface area contributed by atoms with Gasteiger partial charge in [-0.2, -0.15) is 5.10 Å². The molecule has 2 rings (SSSR count). The lowest BCUT2D eigenvalue weighted by atomic mass is 9.95. The Hall–Kier alpha value is -0.970. The second kappa shape index (κ2) is 3.65. The average molecular weight is 198 g/mol. The van der Waals surface area contributed by atoms with Crippen LogP contribution in [0.25, 0.3) is 0 Å². The molecule has 0 atom stereocenters. The van der Waals surface area contributed by atoms with E-state index in [4.69, 9.17) is 0 Å². The van der Waals surface area contributed by atoms with Crippen LogP contribution in [0.2, 0.25) is 0 Å². The quantitative estimate of drug-likeness (QED) is 0.768.